The zero-order chi connectivity index (χ0) is 20.7. The van der Waals surface area contributed by atoms with Gasteiger partial charge in [0.05, 0.1) is 6.54 Å². The number of alkyl halides is 5. The van der Waals surface area contributed by atoms with Gasteiger partial charge in [0.25, 0.3) is 0 Å². The summed E-state index contributed by atoms with van der Waals surface area (Å²) in [5, 5.41) is 3.23. The third kappa shape index (κ3) is 9.32. The normalized spacial score (nSPS) is 17.9. The van der Waals surface area contributed by atoms with E-state index in [0.717, 1.165) is 5.56 Å². The molecule has 1 N–H and O–H groups in total. The van der Waals surface area contributed by atoms with E-state index in [9.17, 15) is 22.0 Å². The van der Waals surface area contributed by atoms with Crippen molar-refractivity contribution in [1.29, 1.82) is 0 Å². The van der Waals surface area contributed by atoms with Gasteiger partial charge in [0.1, 0.15) is 5.75 Å². The molecule has 1 atom stereocenters. The van der Waals surface area contributed by atoms with Crippen molar-refractivity contribution in [3.05, 3.63) is 29.8 Å². The summed E-state index contributed by atoms with van der Waals surface area (Å²) in [5.41, 5.74) is 0.861. The molecule has 1 aliphatic heterocycles. The Balaban J connectivity index is 0.00000420. The molecular formula is C18H26F5IN4O. The van der Waals surface area contributed by atoms with Crippen molar-refractivity contribution in [3.8, 4) is 5.75 Å². The maximum atomic E-state index is 12.5. The molecule has 1 fully saturated rings. The van der Waals surface area contributed by atoms with Crippen LogP contribution in [0.25, 0.3) is 0 Å². The van der Waals surface area contributed by atoms with Gasteiger partial charge in [0.2, 0.25) is 0 Å². The van der Waals surface area contributed by atoms with E-state index in [0.29, 0.717) is 38.6 Å². The number of hydrogen-bond acceptors (Lipinski definition) is 3. The van der Waals surface area contributed by atoms with Gasteiger partial charge >= 0.3 is 12.8 Å². The van der Waals surface area contributed by atoms with Crippen LogP contribution in [0, 0.1) is 0 Å². The van der Waals surface area contributed by atoms with Crippen molar-refractivity contribution in [3.63, 3.8) is 0 Å². The van der Waals surface area contributed by atoms with E-state index in [-0.39, 0.29) is 35.8 Å². The molecule has 5 nitrogen and oxygen atoms in total. The number of benzene rings is 1. The number of likely N-dealkylation sites (tertiary alicyclic amines) is 1. The molecule has 0 aliphatic carbocycles. The number of rotatable bonds is 7. The summed E-state index contributed by atoms with van der Waals surface area (Å²) in [4.78, 5) is 7.63. The predicted molar refractivity (Wildman–Crippen MR) is 112 cm³/mol. The van der Waals surface area contributed by atoms with E-state index >= 15 is 0 Å². The predicted octanol–water partition coefficient (Wildman–Crippen LogP) is 3.94. The molecule has 0 spiro atoms. The lowest BCUT2D eigenvalue weighted by atomic mass is 10.2. The molecule has 1 aliphatic rings. The number of nitrogens with zero attached hydrogens (tertiary/aromatic N) is 3. The molecule has 0 amide bonds. The van der Waals surface area contributed by atoms with Gasteiger partial charge in [-0.3, -0.25) is 9.89 Å². The summed E-state index contributed by atoms with van der Waals surface area (Å²) in [6.07, 6.45) is -3.60. The second kappa shape index (κ2) is 11.7. The Hall–Kier alpha value is -1.37. The first kappa shape index (κ1) is 25.7. The highest BCUT2D eigenvalue weighted by Gasteiger charge is 2.34. The van der Waals surface area contributed by atoms with E-state index < -0.39 is 19.3 Å². The van der Waals surface area contributed by atoms with Crippen LogP contribution in [-0.4, -0.2) is 67.8 Å². The smallest absolute Gasteiger partial charge is 0.401 e. The molecule has 1 heterocycles. The molecule has 1 aromatic carbocycles. The van der Waals surface area contributed by atoms with E-state index in [1.165, 1.54) is 17.0 Å². The second-order valence-electron chi connectivity index (χ2n) is 6.66. The van der Waals surface area contributed by atoms with Gasteiger partial charge in [-0.15, -0.1) is 24.0 Å². The van der Waals surface area contributed by atoms with Gasteiger partial charge in [-0.2, -0.15) is 22.0 Å². The zero-order valence-corrected chi connectivity index (χ0v) is 18.6. The molecule has 29 heavy (non-hydrogen) atoms. The van der Waals surface area contributed by atoms with Crippen LogP contribution in [0.1, 0.15) is 18.9 Å². The third-order valence-corrected chi connectivity index (χ3v) is 4.25. The fourth-order valence-electron chi connectivity index (χ4n) is 3.08. The first-order chi connectivity index (χ1) is 13.2. The Morgan fingerprint density at radius 3 is 2.52 bits per heavy atom. The highest BCUT2D eigenvalue weighted by atomic mass is 127. The highest BCUT2D eigenvalue weighted by Crippen LogP contribution is 2.20. The second-order valence-corrected chi connectivity index (χ2v) is 6.66. The van der Waals surface area contributed by atoms with E-state index in [1.807, 2.05) is 18.9 Å². The fraction of sp³-hybridized carbons (Fsp3) is 0.611. The van der Waals surface area contributed by atoms with Crippen LogP contribution in [0.15, 0.2) is 29.3 Å². The van der Waals surface area contributed by atoms with Crippen LogP contribution in [0.2, 0.25) is 0 Å². The minimum atomic E-state index is -4.20. The molecule has 1 aromatic rings. The molecule has 11 heteroatoms. The topological polar surface area (TPSA) is 40.1 Å². The summed E-state index contributed by atoms with van der Waals surface area (Å²) in [6, 6.07) is 6.17. The summed E-state index contributed by atoms with van der Waals surface area (Å²) >= 11 is 0. The van der Waals surface area contributed by atoms with Crippen molar-refractivity contribution < 1.29 is 26.7 Å². The molecule has 0 bridgehead atoms. The molecule has 1 saturated heterocycles. The molecule has 0 radical (unpaired) electrons. The van der Waals surface area contributed by atoms with E-state index in [4.69, 9.17) is 0 Å². The number of guanidine groups is 1. The minimum absolute atomic E-state index is 0. The average molecular weight is 536 g/mol. The SMILES string of the molecule is CCN=C(NC1CCN(CC(F)(F)F)C1)N(C)Cc1ccc(OC(F)F)cc1.I. The highest BCUT2D eigenvalue weighted by molar-refractivity contribution is 14.0. The van der Waals surface area contributed by atoms with Crippen LogP contribution in [0.4, 0.5) is 22.0 Å². The average Bonchev–Trinajstić information content (AvgIpc) is 3.00. The maximum absolute atomic E-state index is 12.5. The Bertz CT molecular complexity index is 642. The molecule has 0 saturated carbocycles. The van der Waals surface area contributed by atoms with Gasteiger partial charge in [0, 0.05) is 39.3 Å². The zero-order valence-electron chi connectivity index (χ0n) is 16.3. The molecule has 166 valence electrons. The number of aliphatic imine (C=N–C) groups is 1. The van der Waals surface area contributed by atoms with Gasteiger partial charge in [-0.1, -0.05) is 12.1 Å². The van der Waals surface area contributed by atoms with Crippen molar-refractivity contribution >= 4 is 29.9 Å². The lowest BCUT2D eigenvalue weighted by Gasteiger charge is -2.26. The van der Waals surface area contributed by atoms with Crippen molar-refractivity contribution in [2.24, 2.45) is 4.99 Å². The van der Waals surface area contributed by atoms with Crippen molar-refractivity contribution in [1.82, 2.24) is 15.1 Å². The first-order valence-electron chi connectivity index (χ1n) is 9.01. The van der Waals surface area contributed by atoms with Crippen LogP contribution in [0.3, 0.4) is 0 Å². The third-order valence-electron chi connectivity index (χ3n) is 4.25. The molecule has 1 unspecified atom stereocenters. The van der Waals surface area contributed by atoms with E-state index in [2.05, 4.69) is 15.0 Å². The Labute approximate surface area is 184 Å². The quantitative estimate of drug-likeness (QED) is 0.248. The van der Waals surface area contributed by atoms with Crippen molar-refractivity contribution in [2.75, 3.05) is 33.2 Å². The summed E-state index contributed by atoms with van der Waals surface area (Å²) in [5.74, 6) is 0.673. The number of halogens is 6. The standard InChI is InChI=1S/C18H25F5N4O.HI/c1-3-24-17(25-14-8-9-27(11-14)12-18(21,22)23)26(2)10-13-4-6-15(7-5-13)28-16(19)20;/h4-7,14,16H,3,8-12H2,1-2H3,(H,24,25);1H. The maximum Gasteiger partial charge on any atom is 0.401 e. The summed E-state index contributed by atoms with van der Waals surface area (Å²) < 4.78 is 66.4. The lowest BCUT2D eigenvalue weighted by molar-refractivity contribution is -0.143. The molecule has 2 rings (SSSR count). The van der Waals surface area contributed by atoms with E-state index in [1.54, 1.807) is 12.1 Å². The lowest BCUT2D eigenvalue weighted by Crippen LogP contribution is -2.45. The molecular weight excluding hydrogens is 510 g/mol. The Morgan fingerprint density at radius 2 is 1.97 bits per heavy atom. The number of ether oxygens (including phenoxy) is 1. The van der Waals surface area contributed by atoms with Crippen LogP contribution < -0.4 is 10.1 Å². The van der Waals surface area contributed by atoms with Gasteiger partial charge in [-0.25, -0.2) is 0 Å². The molecule has 0 aromatic heterocycles. The first-order valence-corrected chi connectivity index (χ1v) is 9.01. The minimum Gasteiger partial charge on any atom is -0.435 e. The number of hydrogen-bond donors (Lipinski definition) is 1. The largest absolute Gasteiger partial charge is 0.435 e. The van der Waals surface area contributed by atoms with Crippen molar-refractivity contribution in [2.45, 2.75) is 38.7 Å². The van der Waals surface area contributed by atoms with Crippen LogP contribution in [-0.2, 0) is 6.54 Å². The van der Waals surface area contributed by atoms with Crippen LogP contribution in [0.5, 0.6) is 5.75 Å². The van der Waals surface area contributed by atoms with Crippen LogP contribution >= 0.6 is 24.0 Å². The van der Waals surface area contributed by atoms with Gasteiger partial charge in [0.15, 0.2) is 5.96 Å². The number of nitrogens with one attached hydrogen (secondary N) is 1. The summed E-state index contributed by atoms with van der Waals surface area (Å²) in [7, 11) is 1.81. The summed E-state index contributed by atoms with van der Waals surface area (Å²) in [6.45, 7) is -0.247. The fourth-order valence-corrected chi connectivity index (χ4v) is 3.08. The van der Waals surface area contributed by atoms with Gasteiger partial charge in [-0.05, 0) is 31.0 Å². The van der Waals surface area contributed by atoms with Gasteiger partial charge < -0.3 is 15.0 Å². The Kier molecular flexibility index (Phi) is 10.4. The monoisotopic (exact) mass is 536 g/mol. The Morgan fingerprint density at radius 1 is 1.31 bits per heavy atom.